The first kappa shape index (κ1) is 31.5. The average Bonchev–Trinajstić information content (AvgIpc) is 3.54. The number of nitro groups is 1. The number of anilines is 2. The van der Waals surface area contributed by atoms with Crippen LogP contribution in [-0.4, -0.2) is 28.4 Å². The van der Waals surface area contributed by atoms with E-state index < -0.39 is 16.7 Å². The Labute approximate surface area is 268 Å². The summed E-state index contributed by atoms with van der Waals surface area (Å²) in [4.78, 5) is 50.2. The average molecular weight is 633 g/mol. The zero-order chi connectivity index (χ0) is 32.5. The van der Waals surface area contributed by atoms with E-state index in [2.05, 4.69) is 16.0 Å². The minimum absolute atomic E-state index is 0.0191. The molecule has 46 heavy (non-hydrogen) atoms. The molecule has 1 aromatic heterocycles. The summed E-state index contributed by atoms with van der Waals surface area (Å²) in [5, 5.41) is 19.3. The highest BCUT2D eigenvalue weighted by Crippen LogP contribution is 2.25. The van der Waals surface area contributed by atoms with E-state index in [0.717, 1.165) is 10.5 Å². The fourth-order valence-electron chi connectivity index (χ4n) is 4.30. The minimum Gasteiger partial charge on any atom is -0.457 e. The molecule has 5 rings (SSSR count). The lowest BCUT2D eigenvalue weighted by molar-refractivity contribution is -0.384. The summed E-state index contributed by atoms with van der Waals surface area (Å²) >= 11 is 1.27. The van der Waals surface area contributed by atoms with Crippen LogP contribution >= 0.6 is 11.8 Å². The van der Waals surface area contributed by atoms with Gasteiger partial charge in [-0.25, -0.2) is 0 Å². The minimum atomic E-state index is -0.561. The molecule has 0 aliphatic heterocycles. The van der Waals surface area contributed by atoms with E-state index in [1.54, 1.807) is 79.7 Å². The number of nitrogens with zero attached hydrogens (tertiary/aromatic N) is 1. The molecule has 0 saturated heterocycles. The van der Waals surface area contributed by atoms with Crippen LogP contribution in [0.15, 0.2) is 130 Å². The Morgan fingerprint density at radius 2 is 1.54 bits per heavy atom. The van der Waals surface area contributed by atoms with Crippen molar-refractivity contribution in [3.05, 3.63) is 148 Å². The number of aryl methyl sites for hydroxylation is 1. The second-order valence-corrected chi connectivity index (χ2v) is 11.1. The molecule has 0 bridgehead atoms. The number of rotatable bonds is 11. The predicted molar refractivity (Wildman–Crippen MR) is 178 cm³/mol. The van der Waals surface area contributed by atoms with Gasteiger partial charge in [0.25, 0.3) is 17.5 Å². The van der Waals surface area contributed by atoms with E-state index in [4.69, 9.17) is 4.42 Å². The summed E-state index contributed by atoms with van der Waals surface area (Å²) < 4.78 is 5.94. The van der Waals surface area contributed by atoms with Crippen molar-refractivity contribution >= 4 is 52.6 Å². The van der Waals surface area contributed by atoms with Crippen LogP contribution < -0.4 is 16.0 Å². The predicted octanol–water partition coefficient (Wildman–Crippen LogP) is 7.30. The van der Waals surface area contributed by atoms with Crippen LogP contribution in [0.1, 0.15) is 21.7 Å². The van der Waals surface area contributed by atoms with Crippen LogP contribution in [-0.2, 0) is 9.59 Å². The molecule has 11 heteroatoms. The number of carbonyl (C=O) groups excluding carboxylic acids is 3. The van der Waals surface area contributed by atoms with Gasteiger partial charge in [0, 0.05) is 39.9 Å². The Morgan fingerprint density at radius 1 is 0.848 bits per heavy atom. The molecule has 0 radical (unpaired) electrons. The van der Waals surface area contributed by atoms with Crippen LogP contribution in [0.5, 0.6) is 0 Å². The molecule has 0 spiro atoms. The molecule has 10 nitrogen and oxygen atoms in total. The quantitative estimate of drug-likeness (QED) is 0.0600. The van der Waals surface area contributed by atoms with Gasteiger partial charge in [-0.2, -0.15) is 0 Å². The first-order chi connectivity index (χ1) is 22.2. The fourth-order valence-corrected chi connectivity index (χ4v) is 5.00. The van der Waals surface area contributed by atoms with Crippen LogP contribution in [0.2, 0.25) is 0 Å². The standard InChI is InChI=1S/C35H28N4O6S/c1-23-12-15-27(39(43)44)20-30(23)37-33(40)22-46-29-17-13-26(14-18-29)36-35(42)31(38-34(41)25-10-6-3-7-11-25)21-28-16-19-32(45-28)24-8-4-2-5-9-24/h2-21H,22H2,1H3,(H,36,42)(H,37,40)(H,38,41). The van der Waals surface area contributed by atoms with Crippen LogP contribution in [0.3, 0.4) is 0 Å². The lowest BCUT2D eigenvalue weighted by atomic mass is 10.2. The molecule has 0 aliphatic carbocycles. The van der Waals surface area contributed by atoms with Crippen molar-refractivity contribution in [3.63, 3.8) is 0 Å². The van der Waals surface area contributed by atoms with E-state index >= 15 is 0 Å². The SMILES string of the molecule is Cc1ccc([N+](=O)[O-])cc1NC(=O)CSc1ccc(NC(=O)C(=Cc2ccc(-c3ccccc3)o2)NC(=O)c2ccccc2)cc1. The largest absolute Gasteiger partial charge is 0.457 e. The third-order valence-corrected chi connectivity index (χ3v) is 7.70. The Bertz CT molecular complexity index is 1900. The number of amides is 3. The second kappa shape index (κ2) is 14.7. The van der Waals surface area contributed by atoms with Gasteiger partial charge in [0.1, 0.15) is 17.2 Å². The van der Waals surface area contributed by atoms with Gasteiger partial charge in [-0.05, 0) is 61.0 Å². The highest BCUT2D eigenvalue weighted by Gasteiger charge is 2.17. The molecule has 0 atom stereocenters. The molecule has 0 fully saturated rings. The molecule has 0 aliphatic rings. The summed E-state index contributed by atoms with van der Waals surface area (Å²) in [7, 11) is 0. The second-order valence-electron chi connectivity index (χ2n) is 10.0. The first-order valence-corrected chi connectivity index (χ1v) is 15.1. The third-order valence-electron chi connectivity index (χ3n) is 6.69. The van der Waals surface area contributed by atoms with Gasteiger partial charge in [-0.3, -0.25) is 24.5 Å². The van der Waals surface area contributed by atoms with E-state index in [1.165, 1.54) is 30.0 Å². The Kier molecular flexibility index (Phi) is 10.1. The number of hydrogen-bond acceptors (Lipinski definition) is 7. The van der Waals surface area contributed by atoms with Crippen molar-refractivity contribution in [2.24, 2.45) is 0 Å². The number of non-ortho nitro benzene ring substituents is 1. The van der Waals surface area contributed by atoms with Crippen molar-refractivity contribution in [3.8, 4) is 11.3 Å². The maximum Gasteiger partial charge on any atom is 0.272 e. The number of thioether (sulfide) groups is 1. The monoisotopic (exact) mass is 632 g/mol. The first-order valence-electron chi connectivity index (χ1n) is 14.1. The zero-order valence-corrected chi connectivity index (χ0v) is 25.4. The lowest BCUT2D eigenvalue weighted by Gasteiger charge is -2.11. The van der Waals surface area contributed by atoms with Gasteiger partial charge >= 0.3 is 0 Å². The van der Waals surface area contributed by atoms with Crippen molar-refractivity contribution in [1.29, 1.82) is 0 Å². The topological polar surface area (TPSA) is 144 Å². The highest BCUT2D eigenvalue weighted by atomic mass is 32.2. The van der Waals surface area contributed by atoms with Crippen molar-refractivity contribution in [2.45, 2.75) is 11.8 Å². The molecular formula is C35H28N4O6S. The molecular weight excluding hydrogens is 604 g/mol. The summed E-state index contributed by atoms with van der Waals surface area (Å²) in [5.74, 6) is -0.273. The summed E-state index contributed by atoms with van der Waals surface area (Å²) in [6.07, 6.45) is 1.47. The molecule has 3 amide bonds. The number of nitro benzene ring substituents is 1. The maximum absolute atomic E-state index is 13.4. The molecule has 3 N–H and O–H groups in total. The molecule has 230 valence electrons. The highest BCUT2D eigenvalue weighted by molar-refractivity contribution is 8.00. The molecule has 4 aromatic carbocycles. The van der Waals surface area contributed by atoms with Gasteiger partial charge < -0.3 is 20.4 Å². The number of nitrogens with one attached hydrogen (secondary N) is 3. The zero-order valence-electron chi connectivity index (χ0n) is 24.6. The fraction of sp³-hybridized carbons (Fsp3) is 0.0571. The van der Waals surface area contributed by atoms with Crippen LogP contribution in [0, 0.1) is 17.0 Å². The van der Waals surface area contributed by atoms with E-state index in [9.17, 15) is 24.5 Å². The maximum atomic E-state index is 13.4. The number of furan rings is 1. The summed E-state index contributed by atoms with van der Waals surface area (Å²) in [6.45, 7) is 1.75. The van der Waals surface area contributed by atoms with Crippen molar-refractivity contribution in [1.82, 2.24) is 5.32 Å². The van der Waals surface area contributed by atoms with Gasteiger partial charge in [-0.15, -0.1) is 11.8 Å². The van der Waals surface area contributed by atoms with Gasteiger partial charge in [0.05, 0.1) is 16.4 Å². The molecule has 0 unspecified atom stereocenters. The Morgan fingerprint density at radius 3 is 2.24 bits per heavy atom. The summed E-state index contributed by atoms with van der Waals surface area (Å²) in [6, 6.07) is 32.7. The smallest absolute Gasteiger partial charge is 0.272 e. The number of benzene rings is 4. The van der Waals surface area contributed by atoms with Crippen molar-refractivity contribution < 1.29 is 23.7 Å². The van der Waals surface area contributed by atoms with E-state index in [1.807, 2.05) is 30.3 Å². The van der Waals surface area contributed by atoms with Crippen LogP contribution in [0.4, 0.5) is 17.1 Å². The van der Waals surface area contributed by atoms with Crippen LogP contribution in [0.25, 0.3) is 17.4 Å². The van der Waals surface area contributed by atoms with E-state index in [0.29, 0.717) is 34.0 Å². The van der Waals surface area contributed by atoms with E-state index in [-0.39, 0.29) is 23.0 Å². The molecule has 5 aromatic rings. The Balaban J connectivity index is 1.25. The number of hydrogen-bond donors (Lipinski definition) is 3. The normalized spacial score (nSPS) is 11.0. The summed E-state index contributed by atoms with van der Waals surface area (Å²) in [5.41, 5.74) is 2.69. The van der Waals surface area contributed by atoms with Crippen molar-refractivity contribution in [2.75, 3.05) is 16.4 Å². The molecule has 1 heterocycles. The van der Waals surface area contributed by atoms with Gasteiger partial charge in [0.15, 0.2) is 0 Å². The number of carbonyl (C=O) groups is 3. The lowest BCUT2D eigenvalue weighted by Crippen LogP contribution is -2.30. The van der Waals surface area contributed by atoms with Gasteiger partial charge in [-0.1, -0.05) is 54.6 Å². The van der Waals surface area contributed by atoms with Gasteiger partial charge in [0.2, 0.25) is 5.91 Å². The third kappa shape index (κ3) is 8.36. The Hall–Kier alpha value is -5.94. The molecule has 0 saturated carbocycles.